The molecule has 2 heterocycles. The van der Waals surface area contributed by atoms with Crippen molar-refractivity contribution in [2.75, 3.05) is 5.32 Å². The number of hydrogen-bond donors (Lipinski definition) is 1. The zero-order valence-corrected chi connectivity index (χ0v) is 13.2. The number of para-hydroxylation sites is 1. The van der Waals surface area contributed by atoms with E-state index >= 15 is 0 Å². The molecule has 0 aliphatic carbocycles. The molecule has 0 spiro atoms. The molecule has 1 aliphatic heterocycles. The maximum atomic E-state index is 6.09. The predicted octanol–water partition coefficient (Wildman–Crippen LogP) is 3.70. The zero-order valence-electron chi connectivity index (χ0n) is 13.2. The van der Waals surface area contributed by atoms with Crippen LogP contribution in [0.15, 0.2) is 30.5 Å². The highest BCUT2D eigenvalue weighted by Gasteiger charge is 2.33. The Morgan fingerprint density at radius 3 is 2.90 bits per heavy atom. The van der Waals surface area contributed by atoms with Gasteiger partial charge in [-0.25, -0.2) is 0 Å². The Labute approximate surface area is 126 Å². The molecule has 0 saturated carbocycles. The first-order valence-corrected chi connectivity index (χ1v) is 7.55. The smallest absolute Gasteiger partial charge is 0.125 e. The summed E-state index contributed by atoms with van der Waals surface area (Å²) in [5.74, 6) is 0.980. The third-order valence-electron chi connectivity index (χ3n) is 3.95. The van der Waals surface area contributed by atoms with Crippen molar-refractivity contribution in [3.8, 4) is 5.75 Å². The van der Waals surface area contributed by atoms with Crippen molar-refractivity contribution >= 4 is 5.69 Å². The number of fused-ring (bicyclic) bond motifs is 1. The van der Waals surface area contributed by atoms with Crippen molar-refractivity contribution in [2.24, 2.45) is 7.05 Å². The largest absolute Gasteiger partial charge is 0.487 e. The molecule has 1 N–H and O–H groups in total. The minimum atomic E-state index is -0.166. The van der Waals surface area contributed by atoms with Gasteiger partial charge in [-0.15, -0.1) is 0 Å². The summed E-state index contributed by atoms with van der Waals surface area (Å²) in [7, 11) is 1.96. The van der Waals surface area contributed by atoms with Crippen LogP contribution in [0.4, 0.5) is 5.69 Å². The van der Waals surface area contributed by atoms with Gasteiger partial charge in [0, 0.05) is 25.2 Å². The number of ether oxygens (including phenoxy) is 1. The number of nitrogens with one attached hydrogen (secondary N) is 1. The number of benzene rings is 1. The molecular weight excluding hydrogens is 262 g/mol. The van der Waals surface area contributed by atoms with Gasteiger partial charge in [-0.3, -0.25) is 4.68 Å². The molecule has 0 radical (unpaired) electrons. The van der Waals surface area contributed by atoms with Crippen molar-refractivity contribution in [3.05, 3.63) is 41.7 Å². The Morgan fingerprint density at radius 1 is 1.38 bits per heavy atom. The van der Waals surface area contributed by atoms with Crippen molar-refractivity contribution in [1.29, 1.82) is 0 Å². The van der Waals surface area contributed by atoms with Gasteiger partial charge >= 0.3 is 0 Å². The van der Waals surface area contributed by atoms with Crippen LogP contribution in [0.2, 0.25) is 0 Å². The number of aryl methyl sites for hydroxylation is 2. The van der Waals surface area contributed by atoms with E-state index in [0.29, 0.717) is 0 Å². The average Bonchev–Trinajstić information content (AvgIpc) is 2.77. The third-order valence-corrected chi connectivity index (χ3v) is 3.95. The molecule has 0 bridgehead atoms. The van der Waals surface area contributed by atoms with Crippen molar-refractivity contribution in [2.45, 2.75) is 45.3 Å². The highest BCUT2D eigenvalue weighted by molar-refractivity contribution is 5.51. The molecule has 1 aromatic carbocycles. The number of anilines is 1. The number of nitrogens with zero attached hydrogens (tertiary/aromatic N) is 2. The molecule has 1 aromatic heterocycles. The van der Waals surface area contributed by atoms with Crippen molar-refractivity contribution < 1.29 is 4.74 Å². The van der Waals surface area contributed by atoms with E-state index in [-0.39, 0.29) is 11.6 Å². The van der Waals surface area contributed by atoms with Gasteiger partial charge in [-0.05, 0) is 26.3 Å². The van der Waals surface area contributed by atoms with E-state index in [9.17, 15) is 0 Å². The first-order chi connectivity index (χ1) is 9.98. The fourth-order valence-corrected chi connectivity index (χ4v) is 3.03. The average molecular weight is 285 g/mol. The molecule has 0 amide bonds. The van der Waals surface area contributed by atoms with Crippen LogP contribution in [-0.4, -0.2) is 15.4 Å². The van der Waals surface area contributed by atoms with Gasteiger partial charge in [-0.2, -0.15) is 5.10 Å². The SMILES string of the molecule is CCc1nn(C)cc1NC1CC(C)(C)Oc2ccccc21. The van der Waals surface area contributed by atoms with E-state index in [2.05, 4.69) is 55.6 Å². The summed E-state index contributed by atoms with van der Waals surface area (Å²) in [6.07, 6.45) is 3.92. The Morgan fingerprint density at radius 2 is 2.14 bits per heavy atom. The van der Waals surface area contributed by atoms with Crippen LogP contribution in [-0.2, 0) is 13.5 Å². The molecule has 0 fully saturated rings. The fourth-order valence-electron chi connectivity index (χ4n) is 3.03. The molecule has 1 atom stereocenters. The minimum Gasteiger partial charge on any atom is -0.487 e. The molecule has 112 valence electrons. The Kier molecular flexibility index (Phi) is 3.40. The van der Waals surface area contributed by atoms with Crippen LogP contribution < -0.4 is 10.1 Å². The van der Waals surface area contributed by atoms with Gasteiger partial charge in [0.15, 0.2) is 0 Å². The maximum absolute atomic E-state index is 6.09. The Bertz CT molecular complexity index is 645. The van der Waals surface area contributed by atoms with Gasteiger partial charge < -0.3 is 10.1 Å². The fraction of sp³-hybridized carbons (Fsp3) is 0.471. The summed E-state index contributed by atoms with van der Waals surface area (Å²) in [6, 6.07) is 8.54. The van der Waals surface area contributed by atoms with E-state index in [0.717, 1.165) is 30.0 Å². The van der Waals surface area contributed by atoms with Gasteiger partial charge in [0.05, 0.1) is 17.4 Å². The summed E-state index contributed by atoms with van der Waals surface area (Å²) in [5.41, 5.74) is 3.29. The van der Waals surface area contributed by atoms with Crippen LogP contribution in [0, 0.1) is 0 Å². The van der Waals surface area contributed by atoms with E-state index in [1.165, 1.54) is 5.56 Å². The van der Waals surface area contributed by atoms with E-state index < -0.39 is 0 Å². The van der Waals surface area contributed by atoms with E-state index in [4.69, 9.17) is 4.74 Å². The molecule has 21 heavy (non-hydrogen) atoms. The lowest BCUT2D eigenvalue weighted by molar-refractivity contribution is 0.0759. The van der Waals surface area contributed by atoms with Crippen molar-refractivity contribution in [3.63, 3.8) is 0 Å². The highest BCUT2D eigenvalue weighted by Crippen LogP contribution is 2.41. The van der Waals surface area contributed by atoms with Gasteiger partial charge in [0.2, 0.25) is 0 Å². The molecule has 1 unspecified atom stereocenters. The van der Waals surface area contributed by atoms with Gasteiger partial charge in [0.1, 0.15) is 11.4 Å². The lowest BCUT2D eigenvalue weighted by Gasteiger charge is -2.38. The first-order valence-electron chi connectivity index (χ1n) is 7.55. The molecule has 3 rings (SSSR count). The second kappa shape index (κ2) is 5.10. The van der Waals surface area contributed by atoms with E-state index in [1.807, 2.05) is 17.8 Å². The molecule has 4 nitrogen and oxygen atoms in total. The monoisotopic (exact) mass is 285 g/mol. The van der Waals surface area contributed by atoms with Gasteiger partial charge in [0.25, 0.3) is 0 Å². The molecule has 2 aromatic rings. The lowest BCUT2D eigenvalue weighted by Crippen LogP contribution is -2.37. The second-order valence-corrected chi connectivity index (χ2v) is 6.32. The number of hydrogen-bond acceptors (Lipinski definition) is 3. The Balaban J connectivity index is 1.94. The van der Waals surface area contributed by atoms with Crippen LogP contribution in [0.5, 0.6) is 5.75 Å². The summed E-state index contributed by atoms with van der Waals surface area (Å²) in [4.78, 5) is 0. The zero-order chi connectivity index (χ0) is 15.0. The highest BCUT2D eigenvalue weighted by atomic mass is 16.5. The van der Waals surface area contributed by atoms with Crippen LogP contribution in [0.3, 0.4) is 0 Å². The Hall–Kier alpha value is -1.97. The normalized spacial score (nSPS) is 19.7. The first kappa shape index (κ1) is 14.0. The second-order valence-electron chi connectivity index (χ2n) is 6.32. The minimum absolute atomic E-state index is 0.166. The maximum Gasteiger partial charge on any atom is 0.125 e. The molecule has 0 saturated heterocycles. The third kappa shape index (κ3) is 2.75. The van der Waals surface area contributed by atoms with Crippen LogP contribution in [0.1, 0.15) is 44.5 Å². The number of aromatic nitrogens is 2. The molecule has 1 aliphatic rings. The predicted molar refractivity (Wildman–Crippen MR) is 84.7 cm³/mol. The van der Waals surface area contributed by atoms with E-state index in [1.54, 1.807) is 0 Å². The molecular formula is C17H23N3O. The summed E-state index contributed by atoms with van der Waals surface area (Å²) < 4.78 is 7.96. The topological polar surface area (TPSA) is 39.1 Å². The summed E-state index contributed by atoms with van der Waals surface area (Å²) in [5, 5.41) is 8.18. The lowest BCUT2D eigenvalue weighted by atomic mass is 9.89. The van der Waals surface area contributed by atoms with Crippen LogP contribution in [0.25, 0.3) is 0 Å². The van der Waals surface area contributed by atoms with Crippen LogP contribution >= 0.6 is 0 Å². The van der Waals surface area contributed by atoms with Gasteiger partial charge in [-0.1, -0.05) is 25.1 Å². The summed E-state index contributed by atoms with van der Waals surface area (Å²) in [6.45, 7) is 6.42. The number of rotatable bonds is 3. The quantitative estimate of drug-likeness (QED) is 0.934. The summed E-state index contributed by atoms with van der Waals surface area (Å²) >= 11 is 0. The standard InChI is InChI=1S/C17H23N3O/c1-5-13-15(11-20(4)19-13)18-14-10-17(2,3)21-16-9-7-6-8-12(14)16/h6-9,11,14,18H,5,10H2,1-4H3. The van der Waals surface area contributed by atoms with Crippen molar-refractivity contribution in [1.82, 2.24) is 9.78 Å². The molecule has 4 heteroatoms.